The van der Waals surface area contributed by atoms with E-state index in [1.54, 1.807) is 14.2 Å². The van der Waals surface area contributed by atoms with Gasteiger partial charge in [0.1, 0.15) is 17.2 Å². The highest BCUT2D eigenvalue weighted by atomic mass is 16.5. The van der Waals surface area contributed by atoms with Crippen molar-refractivity contribution in [2.24, 2.45) is 0 Å². The first-order valence-corrected chi connectivity index (χ1v) is 6.48. The van der Waals surface area contributed by atoms with Crippen molar-refractivity contribution < 1.29 is 9.47 Å². The Morgan fingerprint density at radius 1 is 0.905 bits per heavy atom. The lowest BCUT2D eigenvalue weighted by Crippen LogP contribution is -1.99. The molecule has 3 rings (SSSR count). The van der Waals surface area contributed by atoms with E-state index in [-0.39, 0.29) is 0 Å². The predicted molar refractivity (Wildman–Crippen MR) is 82.5 cm³/mol. The SMILES string of the molecule is COc1ccc(-c2nnc(N)c3ccccc23)c(OC)c1. The standard InChI is InChI=1S/C16H15N3O2/c1-20-10-7-8-13(14(9-10)21-2)15-11-5-3-4-6-12(11)16(17)19-18-15/h3-9H,1-2H3,(H2,17,19). The summed E-state index contributed by atoms with van der Waals surface area (Å²) in [5.41, 5.74) is 7.48. The molecule has 1 aromatic heterocycles. The number of rotatable bonds is 3. The Hall–Kier alpha value is -2.82. The van der Waals surface area contributed by atoms with Gasteiger partial charge in [-0.05, 0) is 12.1 Å². The van der Waals surface area contributed by atoms with Gasteiger partial charge in [0.15, 0.2) is 5.82 Å². The van der Waals surface area contributed by atoms with Gasteiger partial charge in [-0.15, -0.1) is 10.2 Å². The van der Waals surface area contributed by atoms with Crippen LogP contribution in [-0.4, -0.2) is 24.4 Å². The van der Waals surface area contributed by atoms with Crippen molar-refractivity contribution in [3.63, 3.8) is 0 Å². The molecule has 0 atom stereocenters. The molecule has 0 unspecified atom stereocenters. The quantitative estimate of drug-likeness (QED) is 0.799. The second-order valence-electron chi connectivity index (χ2n) is 4.55. The third-order valence-electron chi connectivity index (χ3n) is 3.38. The van der Waals surface area contributed by atoms with E-state index in [4.69, 9.17) is 15.2 Å². The highest BCUT2D eigenvalue weighted by molar-refractivity contribution is 6.00. The number of anilines is 1. The maximum absolute atomic E-state index is 5.89. The number of benzene rings is 2. The smallest absolute Gasteiger partial charge is 0.154 e. The van der Waals surface area contributed by atoms with Gasteiger partial charge in [-0.3, -0.25) is 0 Å². The van der Waals surface area contributed by atoms with Gasteiger partial charge < -0.3 is 15.2 Å². The fourth-order valence-corrected chi connectivity index (χ4v) is 2.32. The number of aromatic nitrogens is 2. The highest BCUT2D eigenvalue weighted by Gasteiger charge is 2.14. The summed E-state index contributed by atoms with van der Waals surface area (Å²) in [6, 6.07) is 13.4. The molecular formula is C16H15N3O2. The molecule has 0 aliphatic rings. The van der Waals surface area contributed by atoms with Crippen LogP contribution in [0.5, 0.6) is 11.5 Å². The van der Waals surface area contributed by atoms with Crippen molar-refractivity contribution in [3.8, 4) is 22.8 Å². The molecule has 0 amide bonds. The lowest BCUT2D eigenvalue weighted by Gasteiger charge is -2.12. The normalized spacial score (nSPS) is 10.6. The molecule has 0 radical (unpaired) electrons. The van der Waals surface area contributed by atoms with Crippen molar-refractivity contribution in [1.29, 1.82) is 0 Å². The van der Waals surface area contributed by atoms with Gasteiger partial charge in [0.25, 0.3) is 0 Å². The average molecular weight is 281 g/mol. The number of methoxy groups -OCH3 is 2. The third-order valence-corrected chi connectivity index (χ3v) is 3.38. The van der Waals surface area contributed by atoms with E-state index in [0.717, 1.165) is 27.8 Å². The molecule has 0 bridgehead atoms. The van der Waals surface area contributed by atoms with Crippen LogP contribution in [0.3, 0.4) is 0 Å². The van der Waals surface area contributed by atoms with E-state index in [2.05, 4.69) is 10.2 Å². The Bertz CT molecular complexity index is 803. The van der Waals surface area contributed by atoms with Crippen molar-refractivity contribution >= 4 is 16.6 Å². The number of nitrogens with two attached hydrogens (primary N) is 1. The highest BCUT2D eigenvalue weighted by Crippen LogP contribution is 2.36. The van der Waals surface area contributed by atoms with Crippen molar-refractivity contribution in [3.05, 3.63) is 42.5 Å². The predicted octanol–water partition coefficient (Wildman–Crippen LogP) is 2.90. The van der Waals surface area contributed by atoms with Crippen molar-refractivity contribution in [2.75, 3.05) is 20.0 Å². The summed E-state index contributed by atoms with van der Waals surface area (Å²) in [5.74, 6) is 1.82. The summed E-state index contributed by atoms with van der Waals surface area (Å²) >= 11 is 0. The van der Waals surface area contributed by atoms with Crippen LogP contribution >= 0.6 is 0 Å². The average Bonchev–Trinajstić information content (AvgIpc) is 2.55. The Morgan fingerprint density at radius 2 is 1.67 bits per heavy atom. The number of nitrogens with zero attached hydrogens (tertiary/aromatic N) is 2. The van der Waals surface area contributed by atoms with E-state index in [9.17, 15) is 0 Å². The molecule has 0 saturated carbocycles. The number of hydrogen-bond donors (Lipinski definition) is 1. The van der Waals surface area contributed by atoms with Crippen molar-refractivity contribution in [1.82, 2.24) is 10.2 Å². The summed E-state index contributed by atoms with van der Waals surface area (Å²) in [6.45, 7) is 0. The molecule has 2 aromatic carbocycles. The first-order valence-electron chi connectivity index (χ1n) is 6.48. The van der Waals surface area contributed by atoms with E-state index in [1.165, 1.54) is 0 Å². The Kier molecular flexibility index (Phi) is 3.31. The number of ether oxygens (including phenoxy) is 2. The zero-order valence-corrected chi connectivity index (χ0v) is 11.8. The van der Waals surface area contributed by atoms with E-state index in [1.807, 2.05) is 42.5 Å². The largest absolute Gasteiger partial charge is 0.497 e. The van der Waals surface area contributed by atoms with Crippen LogP contribution in [0.4, 0.5) is 5.82 Å². The molecule has 0 aliphatic heterocycles. The molecule has 5 nitrogen and oxygen atoms in total. The van der Waals surface area contributed by atoms with Crippen LogP contribution in [0.2, 0.25) is 0 Å². The third kappa shape index (κ3) is 2.23. The number of fused-ring (bicyclic) bond motifs is 1. The van der Waals surface area contributed by atoms with Crippen LogP contribution in [0.15, 0.2) is 42.5 Å². The summed E-state index contributed by atoms with van der Waals surface area (Å²) < 4.78 is 10.7. The van der Waals surface area contributed by atoms with Crippen LogP contribution in [-0.2, 0) is 0 Å². The summed E-state index contributed by atoms with van der Waals surface area (Å²) in [4.78, 5) is 0. The summed E-state index contributed by atoms with van der Waals surface area (Å²) in [5, 5.41) is 10.1. The lowest BCUT2D eigenvalue weighted by atomic mass is 10.0. The fourth-order valence-electron chi connectivity index (χ4n) is 2.32. The first-order chi connectivity index (χ1) is 10.2. The minimum Gasteiger partial charge on any atom is -0.497 e. The van der Waals surface area contributed by atoms with Crippen molar-refractivity contribution in [2.45, 2.75) is 0 Å². The molecule has 5 heteroatoms. The maximum atomic E-state index is 5.89. The van der Waals surface area contributed by atoms with E-state index < -0.39 is 0 Å². The Balaban J connectivity index is 2.28. The minimum atomic E-state index is 0.418. The molecule has 0 fully saturated rings. The Labute approximate surface area is 122 Å². The van der Waals surface area contributed by atoms with Crippen LogP contribution < -0.4 is 15.2 Å². The molecular weight excluding hydrogens is 266 g/mol. The van der Waals surface area contributed by atoms with Crippen LogP contribution in [0.1, 0.15) is 0 Å². The molecule has 21 heavy (non-hydrogen) atoms. The van der Waals surface area contributed by atoms with Crippen LogP contribution in [0, 0.1) is 0 Å². The first kappa shape index (κ1) is 13.2. The minimum absolute atomic E-state index is 0.418. The van der Waals surface area contributed by atoms with Gasteiger partial charge in [0, 0.05) is 22.4 Å². The second kappa shape index (κ2) is 5.28. The molecule has 0 saturated heterocycles. The zero-order valence-electron chi connectivity index (χ0n) is 11.8. The van der Waals surface area contributed by atoms with Gasteiger partial charge in [0.05, 0.1) is 14.2 Å². The molecule has 0 spiro atoms. The van der Waals surface area contributed by atoms with Gasteiger partial charge in [0.2, 0.25) is 0 Å². The summed E-state index contributed by atoms with van der Waals surface area (Å²) in [7, 11) is 3.23. The molecule has 2 N–H and O–H groups in total. The van der Waals surface area contributed by atoms with E-state index in [0.29, 0.717) is 11.6 Å². The monoisotopic (exact) mass is 281 g/mol. The number of hydrogen-bond acceptors (Lipinski definition) is 5. The molecule has 3 aromatic rings. The Morgan fingerprint density at radius 3 is 2.38 bits per heavy atom. The fraction of sp³-hybridized carbons (Fsp3) is 0.125. The summed E-state index contributed by atoms with van der Waals surface area (Å²) in [6.07, 6.45) is 0. The second-order valence-corrected chi connectivity index (χ2v) is 4.55. The zero-order chi connectivity index (χ0) is 14.8. The molecule has 0 aliphatic carbocycles. The van der Waals surface area contributed by atoms with Gasteiger partial charge in [-0.1, -0.05) is 24.3 Å². The topological polar surface area (TPSA) is 70.3 Å². The van der Waals surface area contributed by atoms with Gasteiger partial charge >= 0.3 is 0 Å². The molecule has 106 valence electrons. The van der Waals surface area contributed by atoms with Gasteiger partial charge in [-0.25, -0.2) is 0 Å². The number of nitrogen functional groups attached to an aromatic ring is 1. The maximum Gasteiger partial charge on any atom is 0.154 e. The van der Waals surface area contributed by atoms with Crippen LogP contribution in [0.25, 0.3) is 22.0 Å². The molecule has 1 heterocycles. The lowest BCUT2D eigenvalue weighted by molar-refractivity contribution is 0.395. The van der Waals surface area contributed by atoms with Gasteiger partial charge in [-0.2, -0.15) is 0 Å². The van der Waals surface area contributed by atoms with E-state index >= 15 is 0 Å².